The predicted octanol–water partition coefficient (Wildman–Crippen LogP) is 1.69. The van der Waals surface area contributed by atoms with E-state index in [4.69, 9.17) is 4.74 Å². The van der Waals surface area contributed by atoms with Gasteiger partial charge in [0.05, 0.1) is 24.1 Å². The molecule has 0 saturated carbocycles. The maximum absolute atomic E-state index is 12.5. The van der Waals surface area contributed by atoms with Gasteiger partial charge in [-0.3, -0.25) is 14.4 Å². The monoisotopic (exact) mass is 291 g/mol. The molecular weight excluding hydrogens is 274 g/mol. The molecule has 1 atom stereocenters. The second kappa shape index (κ2) is 5.20. The molecule has 6 heteroatoms. The predicted molar refractivity (Wildman–Crippen MR) is 75.0 cm³/mol. The highest BCUT2D eigenvalue weighted by atomic mass is 16.5. The number of hydrogen-bond acceptors (Lipinski definition) is 4. The van der Waals surface area contributed by atoms with Crippen molar-refractivity contribution in [1.29, 1.82) is 0 Å². The number of nitrogens with zero attached hydrogens (tertiary/aromatic N) is 1. The lowest BCUT2D eigenvalue weighted by molar-refractivity contribution is -0.152. The number of carboxylic acids is 1. The van der Waals surface area contributed by atoms with E-state index >= 15 is 0 Å². The lowest BCUT2D eigenvalue weighted by Gasteiger charge is -2.25. The van der Waals surface area contributed by atoms with E-state index in [1.807, 2.05) is 0 Å². The zero-order valence-corrected chi connectivity index (χ0v) is 12.1. The number of methoxy groups -OCH3 is 1. The van der Waals surface area contributed by atoms with Gasteiger partial charge in [0.25, 0.3) is 0 Å². The van der Waals surface area contributed by atoms with Crippen LogP contribution in [0.3, 0.4) is 0 Å². The fourth-order valence-corrected chi connectivity index (χ4v) is 2.41. The van der Waals surface area contributed by atoms with Crippen LogP contribution in [0.5, 0.6) is 5.75 Å². The van der Waals surface area contributed by atoms with Crippen LogP contribution in [0.15, 0.2) is 24.3 Å². The van der Waals surface area contributed by atoms with Crippen LogP contribution in [-0.4, -0.2) is 30.0 Å². The lowest BCUT2D eigenvalue weighted by Crippen LogP contribution is -2.39. The van der Waals surface area contributed by atoms with Gasteiger partial charge in [-0.2, -0.15) is 0 Å². The Kier molecular flexibility index (Phi) is 3.72. The summed E-state index contributed by atoms with van der Waals surface area (Å²) in [4.78, 5) is 37.1. The minimum atomic E-state index is -1.30. The van der Waals surface area contributed by atoms with Crippen molar-refractivity contribution < 1.29 is 24.2 Å². The van der Waals surface area contributed by atoms with Crippen molar-refractivity contribution in [3.8, 4) is 5.75 Å². The van der Waals surface area contributed by atoms with Crippen molar-refractivity contribution in [2.45, 2.75) is 20.3 Å². The summed E-state index contributed by atoms with van der Waals surface area (Å²) < 4.78 is 5.16. The molecule has 0 unspecified atom stereocenters. The zero-order valence-electron chi connectivity index (χ0n) is 12.1. The molecule has 21 heavy (non-hydrogen) atoms. The van der Waals surface area contributed by atoms with Gasteiger partial charge in [0.15, 0.2) is 0 Å². The second-order valence-corrected chi connectivity index (χ2v) is 5.52. The Morgan fingerprint density at radius 2 is 1.95 bits per heavy atom. The van der Waals surface area contributed by atoms with Gasteiger partial charge in [0.2, 0.25) is 11.8 Å². The number of benzene rings is 1. The first kappa shape index (κ1) is 15.0. The Morgan fingerprint density at radius 1 is 1.33 bits per heavy atom. The molecule has 2 rings (SSSR count). The van der Waals surface area contributed by atoms with Crippen LogP contribution >= 0.6 is 0 Å². The summed E-state index contributed by atoms with van der Waals surface area (Å²) in [6.45, 7) is 2.91. The number of amides is 2. The smallest absolute Gasteiger partial charge is 0.309 e. The number of anilines is 1. The van der Waals surface area contributed by atoms with Gasteiger partial charge in [0, 0.05) is 6.42 Å². The third-order valence-electron chi connectivity index (χ3n) is 3.90. The maximum atomic E-state index is 12.5. The van der Waals surface area contributed by atoms with Crippen molar-refractivity contribution >= 4 is 23.5 Å². The number of carbonyl (C=O) groups excluding carboxylic acids is 2. The summed E-state index contributed by atoms with van der Waals surface area (Å²) in [5, 5.41) is 9.26. The molecule has 0 spiro atoms. The molecule has 2 amide bonds. The minimum Gasteiger partial charge on any atom is -0.495 e. The van der Waals surface area contributed by atoms with Crippen molar-refractivity contribution in [3.05, 3.63) is 24.3 Å². The van der Waals surface area contributed by atoms with E-state index in [0.717, 1.165) is 4.90 Å². The Balaban J connectivity index is 2.42. The van der Waals surface area contributed by atoms with Gasteiger partial charge in [-0.05, 0) is 26.0 Å². The van der Waals surface area contributed by atoms with Gasteiger partial charge in [-0.15, -0.1) is 0 Å². The number of carboxylic acid groups (broad SMARTS) is 1. The fraction of sp³-hybridized carbons (Fsp3) is 0.400. The molecule has 1 aliphatic rings. The number of ether oxygens (including phenoxy) is 1. The van der Waals surface area contributed by atoms with Crippen LogP contribution in [0.4, 0.5) is 5.69 Å². The molecule has 0 aliphatic carbocycles. The van der Waals surface area contributed by atoms with E-state index in [-0.39, 0.29) is 6.42 Å². The standard InChI is InChI=1S/C15H17NO5/c1-15(2,14(19)20)9-8-12(17)16(13(9)18)10-6-4-5-7-11(10)21-3/h4-7,9H,8H2,1-3H3,(H,19,20)/t9-/m0/s1. The first-order chi connectivity index (χ1) is 9.80. The summed E-state index contributed by atoms with van der Waals surface area (Å²) >= 11 is 0. The first-order valence-corrected chi connectivity index (χ1v) is 6.54. The lowest BCUT2D eigenvalue weighted by atomic mass is 9.78. The third kappa shape index (κ3) is 2.37. The third-order valence-corrected chi connectivity index (χ3v) is 3.90. The maximum Gasteiger partial charge on any atom is 0.309 e. The van der Waals surface area contributed by atoms with Crippen LogP contribution < -0.4 is 9.64 Å². The van der Waals surface area contributed by atoms with Crippen molar-refractivity contribution in [1.82, 2.24) is 0 Å². The Bertz CT molecular complexity index is 608. The van der Waals surface area contributed by atoms with Crippen LogP contribution in [0.1, 0.15) is 20.3 Å². The quantitative estimate of drug-likeness (QED) is 0.853. The van der Waals surface area contributed by atoms with Gasteiger partial charge in [-0.25, -0.2) is 4.90 Å². The summed E-state index contributed by atoms with van der Waals surface area (Å²) in [5.41, 5.74) is -0.956. The molecule has 0 radical (unpaired) electrons. The molecule has 1 heterocycles. The average Bonchev–Trinajstić information content (AvgIpc) is 2.74. The number of hydrogen-bond donors (Lipinski definition) is 1. The topological polar surface area (TPSA) is 83.9 Å². The molecule has 6 nitrogen and oxygen atoms in total. The Morgan fingerprint density at radius 3 is 2.52 bits per heavy atom. The van der Waals surface area contributed by atoms with E-state index in [1.165, 1.54) is 21.0 Å². The van der Waals surface area contributed by atoms with Gasteiger partial charge < -0.3 is 9.84 Å². The summed E-state index contributed by atoms with van der Waals surface area (Å²) in [7, 11) is 1.45. The van der Waals surface area contributed by atoms with E-state index < -0.39 is 29.1 Å². The number of imide groups is 1. The highest BCUT2D eigenvalue weighted by Gasteiger charge is 2.51. The van der Waals surface area contributed by atoms with Crippen LogP contribution in [0.2, 0.25) is 0 Å². The highest BCUT2D eigenvalue weighted by Crippen LogP contribution is 2.40. The summed E-state index contributed by atoms with van der Waals surface area (Å²) in [6.07, 6.45) is -0.115. The van der Waals surface area contributed by atoms with Gasteiger partial charge >= 0.3 is 5.97 Å². The van der Waals surface area contributed by atoms with Crippen molar-refractivity contribution in [3.63, 3.8) is 0 Å². The van der Waals surface area contributed by atoms with E-state index in [2.05, 4.69) is 0 Å². The number of rotatable bonds is 4. The molecule has 112 valence electrons. The molecule has 1 aromatic rings. The molecular formula is C15H17NO5. The Labute approximate surface area is 122 Å². The molecule has 1 aromatic carbocycles. The normalized spacial score (nSPS) is 19.0. The number of carbonyl (C=O) groups is 3. The zero-order chi connectivity index (χ0) is 15.8. The molecule has 0 aromatic heterocycles. The van der Waals surface area contributed by atoms with Gasteiger partial charge in [-0.1, -0.05) is 12.1 Å². The van der Waals surface area contributed by atoms with E-state index in [0.29, 0.717) is 11.4 Å². The molecule has 1 aliphatic heterocycles. The minimum absolute atomic E-state index is 0.115. The Hall–Kier alpha value is -2.37. The molecule has 1 saturated heterocycles. The van der Waals surface area contributed by atoms with Crippen molar-refractivity contribution in [2.24, 2.45) is 11.3 Å². The first-order valence-electron chi connectivity index (χ1n) is 6.54. The summed E-state index contributed by atoms with van der Waals surface area (Å²) in [6, 6.07) is 6.66. The van der Waals surface area contributed by atoms with Gasteiger partial charge in [0.1, 0.15) is 5.75 Å². The molecule has 1 fully saturated rings. The molecule has 1 N–H and O–H groups in total. The van der Waals surface area contributed by atoms with Crippen molar-refractivity contribution in [2.75, 3.05) is 12.0 Å². The second-order valence-electron chi connectivity index (χ2n) is 5.52. The average molecular weight is 291 g/mol. The fourth-order valence-electron chi connectivity index (χ4n) is 2.41. The van der Waals surface area contributed by atoms with E-state index in [1.54, 1.807) is 24.3 Å². The highest BCUT2D eigenvalue weighted by molar-refractivity contribution is 6.22. The van der Waals surface area contributed by atoms with Crippen LogP contribution in [-0.2, 0) is 14.4 Å². The van der Waals surface area contributed by atoms with Crippen LogP contribution in [0.25, 0.3) is 0 Å². The largest absolute Gasteiger partial charge is 0.495 e. The molecule has 0 bridgehead atoms. The van der Waals surface area contributed by atoms with E-state index in [9.17, 15) is 19.5 Å². The number of para-hydroxylation sites is 2. The van der Waals surface area contributed by atoms with Crippen LogP contribution in [0, 0.1) is 11.3 Å². The SMILES string of the molecule is COc1ccccc1N1C(=O)C[C@H](C(C)(C)C(=O)O)C1=O. The summed E-state index contributed by atoms with van der Waals surface area (Å²) in [5.74, 6) is -2.50. The number of aliphatic carboxylic acids is 1.